The molecule has 3 aromatic rings. The monoisotopic (exact) mass is 353 g/mol. The van der Waals surface area contributed by atoms with Crippen molar-refractivity contribution in [3.05, 3.63) is 47.9 Å². The summed E-state index contributed by atoms with van der Waals surface area (Å²) in [4.78, 5) is 21.1. The molecule has 2 N–H and O–H groups in total. The van der Waals surface area contributed by atoms with Gasteiger partial charge in [0.05, 0.1) is 6.20 Å². The van der Waals surface area contributed by atoms with E-state index in [1.54, 1.807) is 24.2 Å². The average Bonchev–Trinajstić information content (AvgIpc) is 3.32. The van der Waals surface area contributed by atoms with Gasteiger partial charge >= 0.3 is 0 Å². The van der Waals surface area contributed by atoms with Gasteiger partial charge in [0, 0.05) is 29.7 Å². The second-order valence-corrected chi connectivity index (χ2v) is 6.95. The van der Waals surface area contributed by atoms with Crippen LogP contribution in [0, 0.1) is 6.92 Å². The van der Waals surface area contributed by atoms with Gasteiger partial charge in [0.2, 0.25) is 0 Å². The molecule has 0 spiro atoms. The topological polar surface area (TPSA) is 71.3 Å². The maximum atomic E-state index is 12.3. The molecule has 1 aromatic carbocycles. The predicted octanol–water partition coefficient (Wildman–Crippen LogP) is 3.40. The summed E-state index contributed by atoms with van der Waals surface area (Å²) in [6.07, 6.45) is 9.59. The number of nitrogens with one attached hydrogen (secondary N) is 2. The molecule has 25 heavy (non-hydrogen) atoms. The minimum absolute atomic E-state index is 0.0225. The van der Waals surface area contributed by atoms with Crippen LogP contribution in [0.1, 0.15) is 28.8 Å². The van der Waals surface area contributed by atoms with Crippen LogP contribution in [0.5, 0.6) is 0 Å². The lowest BCUT2D eigenvalue weighted by Crippen LogP contribution is -2.25. The molecule has 1 amide bonds. The van der Waals surface area contributed by atoms with Crippen molar-refractivity contribution in [3.63, 3.8) is 0 Å². The number of nitrogens with zero attached hydrogens (tertiary/aromatic N) is 3. The summed E-state index contributed by atoms with van der Waals surface area (Å²) in [6.45, 7) is 2.01. The van der Waals surface area contributed by atoms with Crippen LogP contribution in [-0.4, -0.2) is 32.6 Å². The summed E-state index contributed by atoms with van der Waals surface area (Å²) in [6, 6.07) is 6.03. The number of hydrogen-bond acceptors (Lipinski definition) is 5. The second kappa shape index (κ2) is 6.40. The number of aryl methyl sites for hydroxylation is 1. The highest BCUT2D eigenvalue weighted by atomic mass is 32.2. The molecule has 1 saturated carbocycles. The Morgan fingerprint density at radius 1 is 1.32 bits per heavy atom. The van der Waals surface area contributed by atoms with Gasteiger partial charge in [0.1, 0.15) is 5.52 Å². The number of benzene rings is 1. The van der Waals surface area contributed by atoms with Gasteiger partial charge in [-0.1, -0.05) is 17.8 Å². The summed E-state index contributed by atoms with van der Waals surface area (Å²) in [7, 11) is 0. The normalized spacial score (nSPS) is 13.8. The fourth-order valence-corrected chi connectivity index (χ4v) is 3.19. The van der Waals surface area contributed by atoms with E-state index in [1.807, 2.05) is 42.0 Å². The zero-order chi connectivity index (χ0) is 17.4. The van der Waals surface area contributed by atoms with Crippen molar-refractivity contribution >= 4 is 34.7 Å². The molecule has 0 unspecified atom stereocenters. The van der Waals surface area contributed by atoms with Crippen molar-refractivity contribution in [2.75, 3.05) is 11.6 Å². The van der Waals surface area contributed by atoms with Crippen molar-refractivity contribution < 1.29 is 4.79 Å². The molecule has 0 saturated heterocycles. The van der Waals surface area contributed by atoms with Crippen molar-refractivity contribution in [1.29, 1.82) is 0 Å². The predicted molar refractivity (Wildman–Crippen MR) is 99.7 cm³/mol. The molecule has 0 atom stereocenters. The summed E-state index contributed by atoms with van der Waals surface area (Å²) in [5.74, 6) is 0.698. The van der Waals surface area contributed by atoms with Crippen LogP contribution in [0.15, 0.2) is 41.9 Å². The summed E-state index contributed by atoms with van der Waals surface area (Å²) in [5.41, 5.74) is 3.48. The van der Waals surface area contributed by atoms with E-state index in [4.69, 9.17) is 0 Å². The number of fused-ring (bicyclic) bond motifs is 1. The van der Waals surface area contributed by atoms with Gasteiger partial charge in [0.25, 0.3) is 5.91 Å². The number of rotatable bonds is 5. The van der Waals surface area contributed by atoms with E-state index < -0.39 is 0 Å². The Balaban J connectivity index is 1.66. The molecule has 0 radical (unpaired) electrons. The Bertz CT molecular complexity index is 948. The van der Waals surface area contributed by atoms with Crippen molar-refractivity contribution in [1.82, 2.24) is 19.7 Å². The number of hydrogen-bond donors (Lipinski definition) is 2. The van der Waals surface area contributed by atoms with E-state index >= 15 is 0 Å². The number of carbonyl (C=O) groups excluding carboxylic acids is 1. The van der Waals surface area contributed by atoms with E-state index in [0.29, 0.717) is 11.6 Å². The van der Waals surface area contributed by atoms with Gasteiger partial charge < -0.3 is 10.6 Å². The van der Waals surface area contributed by atoms with Crippen LogP contribution in [0.3, 0.4) is 0 Å². The zero-order valence-corrected chi connectivity index (χ0v) is 14.9. The molecule has 1 aliphatic carbocycles. The lowest BCUT2D eigenvalue weighted by molar-refractivity contribution is 0.0951. The molecular formula is C18H19N5OS. The quantitative estimate of drug-likeness (QED) is 0.688. The summed E-state index contributed by atoms with van der Waals surface area (Å²) >= 11 is 1.58. The highest BCUT2D eigenvalue weighted by Crippen LogP contribution is 2.26. The Kier molecular flexibility index (Phi) is 4.09. The lowest BCUT2D eigenvalue weighted by Gasteiger charge is -2.12. The smallest absolute Gasteiger partial charge is 0.251 e. The van der Waals surface area contributed by atoms with E-state index in [9.17, 15) is 4.79 Å². The van der Waals surface area contributed by atoms with Crippen molar-refractivity contribution in [2.45, 2.75) is 31.0 Å². The Morgan fingerprint density at radius 2 is 2.16 bits per heavy atom. The molecule has 4 rings (SSSR count). The van der Waals surface area contributed by atoms with E-state index in [0.717, 1.165) is 40.6 Å². The third-order valence-electron chi connectivity index (χ3n) is 4.27. The molecular weight excluding hydrogens is 334 g/mol. The molecule has 0 aliphatic heterocycles. The maximum Gasteiger partial charge on any atom is 0.251 e. The molecule has 2 aromatic heterocycles. The number of imidazole rings is 1. The number of amides is 1. The van der Waals surface area contributed by atoms with Gasteiger partial charge in [0.15, 0.2) is 11.0 Å². The third kappa shape index (κ3) is 3.19. The largest absolute Gasteiger partial charge is 0.349 e. The van der Waals surface area contributed by atoms with Gasteiger partial charge in [-0.05, 0) is 43.7 Å². The number of thioether (sulfide) groups is 1. The number of aromatic nitrogens is 3. The first-order valence-electron chi connectivity index (χ1n) is 8.20. The number of carbonyl (C=O) groups is 1. The molecule has 128 valence electrons. The first kappa shape index (κ1) is 16.0. The Hall–Kier alpha value is -2.54. The highest BCUT2D eigenvalue weighted by molar-refractivity contribution is 7.98. The lowest BCUT2D eigenvalue weighted by atomic mass is 10.1. The standard InChI is InChI=1S/C18H19N5OS/c1-11-3-4-12(17(24)21-13-5-6-13)9-14(11)22-16-15-10-20-18(25-2)23(15)8-7-19-16/h3-4,7-10,13H,5-6H2,1-2H3,(H,19,22)(H,21,24). The second-order valence-electron chi connectivity index (χ2n) is 6.18. The molecule has 0 bridgehead atoms. The highest BCUT2D eigenvalue weighted by Gasteiger charge is 2.24. The average molecular weight is 353 g/mol. The molecule has 1 aliphatic rings. The molecule has 1 fully saturated rings. The number of anilines is 2. The minimum atomic E-state index is -0.0225. The first-order valence-corrected chi connectivity index (χ1v) is 9.43. The van der Waals surface area contributed by atoms with Crippen LogP contribution in [-0.2, 0) is 0 Å². The minimum Gasteiger partial charge on any atom is -0.349 e. The first-order chi connectivity index (χ1) is 12.2. The van der Waals surface area contributed by atoms with Crippen LogP contribution in [0.4, 0.5) is 11.5 Å². The Morgan fingerprint density at radius 3 is 2.92 bits per heavy atom. The third-order valence-corrected chi connectivity index (χ3v) is 4.94. The van der Waals surface area contributed by atoms with Crippen LogP contribution >= 0.6 is 11.8 Å². The molecule has 6 nitrogen and oxygen atoms in total. The van der Waals surface area contributed by atoms with Crippen LogP contribution in [0.2, 0.25) is 0 Å². The van der Waals surface area contributed by atoms with Crippen molar-refractivity contribution in [2.24, 2.45) is 0 Å². The van der Waals surface area contributed by atoms with Gasteiger partial charge in [-0.25, -0.2) is 9.97 Å². The van der Waals surface area contributed by atoms with Crippen LogP contribution < -0.4 is 10.6 Å². The van der Waals surface area contributed by atoms with Crippen molar-refractivity contribution in [3.8, 4) is 0 Å². The fourth-order valence-electron chi connectivity index (χ4n) is 2.67. The SMILES string of the molecule is CSc1ncc2c(Nc3cc(C(=O)NC4CC4)ccc3C)nccn12. The summed E-state index contributed by atoms with van der Waals surface area (Å²) in [5, 5.41) is 7.29. The van der Waals surface area contributed by atoms with E-state index in [2.05, 4.69) is 20.6 Å². The van der Waals surface area contributed by atoms with Gasteiger partial charge in [-0.2, -0.15) is 0 Å². The molecule has 2 heterocycles. The Labute approximate surface area is 150 Å². The van der Waals surface area contributed by atoms with E-state index in [-0.39, 0.29) is 5.91 Å². The maximum absolute atomic E-state index is 12.3. The molecule has 7 heteroatoms. The van der Waals surface area contributed by atoms with Gasteiger partial charge in [-0.15, -0.1) is 0 Å². The van der Waals surface area contributed by atoms with E-state index in [1.165, 1.54) is 0 Å². The fraction of sp³-hybridized carbons (Fsp3) is 0.278. The van der Waals surface area contributed by atoms with Crippen LogP contribution in [0.25, 0.3) is 5.52 Å². The van der Waals surface area contributed by atoms with Gasteiger partial charge in [-0.3, -0.25) is 9.20 Å². The zero-order valence-electron chi connectivity index (χ0n) is 14.1. The summed E-state index contributed by atoms with van der Waals surface area (Å²) < 4.78 is 2.00.